The van der Waals surface area contributed by atoms with E-state index in [4.69, 9.17) is 9.47 Å². The summed E-state index contributed by atoms with van der Waals surface area (Å²) in [6, 6.07) is 6.78. The number of hydrogen-bond acceptors (Lipinski definition) is 3. The number of methoxy groups -OCH3 is 1. The highest BCUT2D eigenvalue weighted by atomic mass is 16.5. The van der Waals surface area contributed by atoms with Gasteiger partial charge in [-0.1, -0.05) is 12.1 Å². The number of aryl methyl sites for hydroxylation is 1. The van der Waals surface area contributed by atoms with Crippen molar-refractivity contribution in [3.63, 3.8) is 0 Å². The van der Waals surface area contributed by atoms with Gasteiger partial charge in [-0.25, -0.2) is 0 Å². The zero-order valence-electron chi connectivity index (χ0n) is 10.8. The molecule has 1 aromatic carbocycles. The van der Waals surface area contributed by atoms with Crippen LogP contribution < -0.4 is 10.1 Å². The molecule has 0 spiro atoms. The second-order valence-electron chi connectivity index (χ2n) is 4.62. The third-order valence-electron chi connectivity index (χ3n) is 3.54. The molecule has 94 valence electrons. The molecule has 1 aliphatic heterocycles. The Kier molecular flexibility index (Phi) is 4.02. The molecule has 1 heterocycles. The normalized spacial score (nSPS) is 21.5. The average Bonchev–Trinajstić information content (AvgIpc) is 2.86. The van der Waals surface area contributed by atoms with Gasteiger partial charge >= 0.3 is 0 Å². The molecule has 0 amide bonds. The molecule has 0 radical (unpaired) electrons. The van der Waals surface area contributed by atoms with Crippen LogP contribution in [0.4, 0.5) is 0 Å². The number of rotatable bonds is 4. The molecule has 3 heteroatoms. The number of hydrogen-bond donors (Lipinski definition) is 1. The fourth-order valence-electron chi connectivity index (χ4n) is 2.52. The van der Waals surface area contributed by atoms with Gasteiger partial charge in [0.05, 0.1) is 13.7 Å². The van der Waals surface area contributed by atoms with E-state index in [1.54, 1.807) is 7.11 Å². The van der Waals surface area contributed by atoms with Gasteiger partial charge in [0.2, 0.25) is 0 Å². The average molecular weight is 235 g/mol. The van der Waals surface area contributed by atoms with Gasteiger partial charge in [0.25, 0.3) is 0 Å². The Bertz CT molecular complexity index is 372. The Morgan fingerprint density at radius 2 is 2.29 bits per heavy atom. The number of benzene rings is 1. The Morgan fingerprint density at radius 1 is 1.47 bits per heavy atom. The lowest BCUT2D eigenvalue weighted by atomic mass is 9.92. The summed E-state index contributed by atoms with van der Waals surface area (Å²) in [6.07, 6.45) is 1.13. The van der Waals surface area contributed by atoms with Crippen LogP contribution in [-0.2, 0) is 4.74 Å². The second-order valence-corrected chi connectivity index (χ2v) is 4.62. The number of ether oxygens (including phenoxy) is 2. The van der Waals surface area contributed by atoms with Crippen LogP contribution >= 0.6 is 0 Å². The first-order valence-electron chi connectivity index (χ1n) is 6.15. The van der Waals surface area contributed by atoms with Crippen molar-refractivity contribution in [3.8, 4) is 5.75 Å². The van der Waals surface area contributed by atoms with Gasteiger partial charge in [0, 0.05) is 18.6 Å². The fraction of sp³-hybridized carbons (Fsp3) is 0.571. The van der Waals surface area contributed by atoms with Crippen LogP contribution in [0.5, 0.6) is 5.75 Å². The molecular weight excluding hydrogens is 214 g/mol. The van der Waals surface area contributed by atoms with Crippen LogP contribution in [0, 0.1) is 12.8 Å². The third kappa shape index (κ3) is 2.61. The van der Waals surface area contributed by atoms with E-state index in [1.165, 1.54) is 11.1 Å². The highest BCUT2D eigenvalue weighted by molar-refractivity contribution is 5.38. The summed E-state index contributed by atoms with van der Waals surface area (Å²) in [6.45, 7) is 3.79. The van der Waals surface area contributed by atoms with E-state index >= 15 is 0 Å². The van der Waals surface area contributed by atoms with Crippen molar-refractivity contribution in [3.05, 3.63) is 29.3 Å². The summed E-state index contributed by atoms with van der Waals surface area (Å²) < 4.78 is 10.9. The lowest BCUT2D eigenvalue weighted by Crippen LogP contribution is -2.25. The highest BCUT2D eigenvalue weighted by Crippen LogP contribution is 2.31. The topological polar surface area (TPSA) is 30.5 Å². The second kappa shape index (κ2) is 5.52. The SMILES string of the molecule is CNC(c1ccc(C)c(OC)c1)C1CCOC1. The van der Waals surface area contributed by atoms with Crippen LogP contribution in [0.1, 0.15) is 23.6 Å². The predicted octanol–water partition coefficient (Wildman–Crippen LogP) is 2.30. The molecule has 2 unspecified atom stereocenters. The van der Waals surface area contributed by atoms with Gasteiger partial charge in [-0.3, -0.25) is 0 Å². The van der Waals surface area contributed by atoms with E-state index < -0.39 is 0 Å². The standard InChI is InChI=1S/C14H21NO2/c1-10-4-5-11(8-13(10)16-3)14(15-2)12-6-7-17-9-12/h4-5,8,12,14-15H,6-7,9H2,1-3H3. The van der Waals surface area contributed by atoms with E-state index in [0.29, 0.717) is 12.0 Å². The van der Waals surface area contributed by atoms with Crippen molar-refractivity contribution in [2.75, 3.05) is 27.4 Å². The van der Waals surface area contributed by atoms with Gasteiger partial charge in [-0.05, 0) is 37.6 Å². The lowest BCUT2D eigenvalue weighted by Gasteiger charge is -2.23. The zero-order chi connectivity index (χ0) is 12.3. The molecule has 1 aliphatic rings. The van der Waals surface area contributed by atoms with Crippen LogP contribution in [0.3, 0.4) is 0 Å². The van der Waals surface area contributed by atoms with Crippen LogP contribution in [0.25, 0.3) is 0 Å². The third-order valence-corrected chi connectivity index (χ3v) is 3.54. The van der Waals surface area contributed by atoms with Gasteiger partial charge in [-0.2, -0.15) is 0 Å². The van der Waals surface area contributed by atoms with Crippen molar-refractivity contribution in [1.29, 1.82) is 0 Å². The molecule has 1 saturated heterocycles. The quantitative estimate of drug-likeness (QED) is 0.868. The first kappa shape index (κ1) is 12.4. The summed E-state index contributed by atoms with van der Waals surface area (Å²) in [5.41, 5.74) is 2.46. The largest absolute Gasteiger partial charge is 0.496 e. The van der Waals surface area contributed by atoms with Gasteiger partial charge in [0.15, 0.2) is 0 Å². The molecular formula is C14H21NO2. The summed E-state index contributed by atoms with van der Waals surface area (Å²) >= 11 is 0. The Hall–Kier alpha value is -1.06. The molecule has 0 saturated carbocycles. The molecule has 0 bridgehead atoms. The molecule has 3 nitrogen and oxygen atoms in total. The van der Waals surface area contributed by atoms with E-state index in [0.717, 1.165) is 25.4 Å². The first-order chi connectivity index (χ1) is 8.26. The molecule has 2 rings (SSSR count). The maximum atomic E-state index is 5.47. The van der Waals surface area contributed by atoms with E-state index in [1.807, 2.05) is 7.05 Å². The lowest BCUT2D eigenvalue weighted by molar-refractivity contribution is 0.177. The van der Waals surface area contributed by atoms with Gasteiger partial charge < -0.3 is 14.8 Å². The summed E-state index contributed by atoms with van der Waals surface area (Å²) in [4.78, 5) is 0. The Labute approximate surface area is 103 Å². The minimum absolute atomic E-state index is 0.354. The minimum atomic E-state index is 0.354. The van der Waals surface area contributed by atoms with Crippen LogP contribution in [-0.4, -0.2) is 27.4 Å². The van der Waals surface area contributed by atoms with Crippen molar-refractivity contribution in [2.24, 2.45) is 5.92 Å². The maximum absolute atomic E-state index is 5.47. The van der Waals surface area contributed by atoms with Gasteiger partial charge in [0.1, 0.15) is 5.75 Å². The van der Waals surface area contributed by atoms with Crippen molar-refractivity contribution >= 4 is 0 Å². The van der Waals surface area contributed by atoms with Crippen LogP contribution in [0.15, 0.2) is 18.2 Å². The molecule has 2 atom stereocenters. The predicted molar refractivity (Wildman–Crippen MR) is 68.5 cm³/mol. The fourth-order valence-corrected chi connectivity index (χ4v) is 2.52. The smallest absolute Gasteiger partial charge is 0.122 e. The monoisotopic (exact) mass is 235 g/mol. The first-order valence-corrected chi connectivity index (χ1v) is 6.15. The van der Waals surface area contributed by atoms with Crippen molar-refractivity contribution in [2.45, 2.75) is 19.4 Å². The molecule has 1 aromatic rings. The maximum Gasteiger partial charge on any atom is 0.122 e. The summed E-state index contributed by atoms with van der Waals surface area (Å²) in [5.74, 6) is 1.52. The van der Waals surface area contributed by atoms with Crippen molar-refractivity contribution < 1.29 is 9.47 Å². The molecule has 1 fully saturated rings. The summed E-state index contributed by atoms with van der Waals surface area (Å²) in [5, 5.41) is 3.40. The van der Waals surface area contributed by atoms with Crippen molar-refractivity contribution in [1.82, 2.24) is 5.32 Å². The Morgan fingerprint density at radius 3 is 2.88 bits per heavy atom. The Balaban J connectivity index is 2.23. The van der Waals surface area contributed by atoms with E-state index in [2.05, 4.69) is 30.4 Å². The summed E-state index contributed by atoms with van der Waals surface area (Å²) in [7, 11) is 3.73. The van der Waals surface area contributed by atoms with Gasteiger partial charge in [-0.15, -0.1) is 0 Å². The van der Waals surface area contributed by atoms with Crippen LogP contribution in [0.2, 0.25) is 0 Å². The molecule has 0 aromatic heterocycles. The van der Waals surface area contributed by atoms with E-state index in [9.17, 15) is 0 Å². The molecule has 0 aliphatic carbocycles. The highest BCUT2D eigenvalue weighted by Gasteiger charge is 2.26. The molecule has 17 heavy (non-hydrogen) atoms. The zero-order valence-corrected chi connectivity index (χ0v) is 10.8. The molecule has 1 N–H and O–H groups in total. The van der Waals surface area contributed by atoms with E-state index in [-0.39, 0.29) is 0 Å². The number of nitrogens with one attached hydrogen (secondary N) is 1. The minimum Gasteiger partial charge on any atom is -0.496 e.